The lowest BCUT2D eigenvalue weighted by atomic mass is 10.1. The molecule has 2 amide bonds. The van der Waals surface area contributed by atoms with Crippen LogP contribution >= 0.6 is 0 Å². The molecule has 1 N–H and O–H groups in total. The zero-order valence-electron chi connectivity index (χ0n) is 12.4. The molecule has 1 aromatic carbocycles. The molecular formula is C16H20N2O3. The van der Waals surface area contributed by atoms with Crippen LogP contribution in [0.3, 0.4) is 0 Å². The predicted octanol–water partition coefficient (Wildman–Crippen LogP) is 1.78. The molecule has 0 radical (unpaired) electrons. The molecule has 0 saturated heterocycles. The molecule has 1 fully saturated rings. The first-order valence-corrected chi connectivity index (χ1v) is 7.46. The number of rotatable bonds is 4. The Morgan fingerprint density at radius 1 is 1.43 bits per heavy atom. The SMILES string of the molecule is CC[C@H]1Oc2ccc(C)cc2N(CC(=O)NC2CC2)C1=O. The highest BCUT2D eigenvalue weighted by atomic mass is 16.5. The van der Waals surface area contributed by atoms with Crippen LogP contribution in [-0.2, 0) is 9.59 Å². The van der Waals surface area contributed by atoms with Crippen LogP contribution < -0.4 is 15.0 Å². The van der Waals surface area contributed by atoms with Gasteiger partial charge in [-0.25, -0.2) is 0 Å². The van der Waals surface area contributed by atoms with Crippen molar-refractivity contribution in [3.63, 3.8) is 0 Å². The summed E-state index contributed by atoms with van der Waals surface area (Å²) in [4.78, 5) is 26.1. The van der Waals surface area contributed by atoms with E-state index >= 15 is 0 Å². The van der Waals surface area contributed by atoms with E-state index in [2.05, 4.69) is 5.32 Å². The van der Waals surface area contributed by atoms with Gasteiger partial charge in [-0.2, -0.15) is 0 Å². The van der Waals surface area contributed by atoms with E-state index in [0.717, 1.165) is 18.4 Å². The Kier molecular flexibility index (Phi) is 3.57. The number of hydrogen-bond donors (Lipinski definition) is 1. The van der Waals surface area contributed by atoms with Crippen molar-refractivity contribution in [1.29, 1.82) is 0 Å². The van der Waals surface area contributed by atoms with E-state index < -0.39 is 6.10 Å². The molecule has 1 atom stereocenters. The average Bonchev–Trinajstić information content (AvgIpc) is 3.26. The Hall–Kier alpha value is -2.04. The van der Waals surface area contributed by atoms with Gasteiger partial charge in [0.15, 0.2) is 6.10 Å². The van der Waals surface area contributed by atoms with E-state index in [1.165, 1.54) is 0 Å². The lowest BCUT2D eigenvalue weighted by Crippen LogP contribution is -2.49. The van der Waals surface area contributed by atoms with E-state index in [1.807, 2.05) is 32.0 Å². The van der Waals surface area contributed by atoms with Gasteiger partial charge in [-0.15, -0.1) is 0 Å². The number of anilines is 1. The van der Waals surface area contributed by atoms with Crippen LogP contribution in [0.25, 0.3) is 0 Å². The maximum absolute atomic E-state index is 12.5. The van der Waals surface area contributed by atoms with Gasteiger partial charge in [-0.3, -0.25) is 14.5 Å². The zero-order chi connectivity index (χ0) is 15.0. The summed E-state index contributed by atoms with van der Waals surface area (Å²) in [7, 11) is 0. The Bertz CT molecular complexity index is 581. The number of fused-ring (bicyclic) bond motifs is 1. The lowest BCUT2D eigenvalue weighted by molar-refractivity contribution is -0.129. The molecule has 0 unspecified atom stereocenters. The molecule has 1 aliphatic heterocycles. The molecule has 1 heterocycles. The minimum atomic E-state index is -0.506. The van der Waals surface area contributed by atoms with E-state index in [1.54, 1.807) is 4.90 Å². The lowest BCUT2D eigenvalue weighted by Gasteiger charge is -2.33. The highest BCUT2D eigenvalue weighted by molar-refractivity contribution is 6.04. The molecule has 0 bridgehead atoms. The summed E-state index contributed by atoms with van der Waals surface area (Å²) in [5.41, 5.74) is 1.73. The number of benzene rings is 1. The maximum atomic E-state index is 12.5. The highest BCUT2D eigenvalue weighted by Gasteiger charge is 2.35. The normalized spacial score (nSPS) is 20.8. The van der Waals surface area contributed by atoms with E-state index in [-0.39, 0.29) is 18.4 Å². The van der Waals surface area contributed by atoms with Gasteiger partial charge < -0.3 is 10.1 Å². The van der Waals surface area contributed by atoms with Gasteiger partial charge in [0.2, 0.25) is 5.91 Å². The van der Waals surface area contributed by atoms with Crippen molar-refractivity contribution in [1.82, 2.24) is 5.32 Å². The Labute approximate surface area is 124 Å². The second-order valence-corrected chi connectivity index (χ2v) is 5.75. The average molecular weight is 288 g/mol. The number of nitrogens with zero attached hydrogens (tertiary/aromatic N) is 1. The van der Waals surface area contributed by atoms with Crippen LogP contribution in [0.4, 0.5) is 5.69 Å². The summed E-state index contributed by atoms with van der Waals surface area (Å²) < 4.78 is 5.73. The van der Waals surface area contributed by atoms with Crippen molar-refractivity contribution in [2.24, 2.45) is 0 Å². The van der Waals surface area contributed by atoms with Gasteiger partial charge in [0.1, 0.15) is 12.3 Å². The van der Waals surface area contributed by atoms with Crippen LogP contribution in [0.5, 0.6) is 5.75 Å². The van der Waals surface area contributed by atoms with E-state index in [9.17, 15) is 9.59 Å². The molecule has 0 aromatic heterocycles. The first-order chi connectivity index (χ1) is 10.1. The third kappa shape index (κ3) is 2.86. The highest BCUT2D eigenvalue weighted by Crippen LogP contribution is 2.35. The fraction of sp³-hybridized carbons (Fsp3) is 0.500. The topological polar surface area (TPSA) is 58.6 Å². The minimum Gasteiger partial charge on any atom is -0.478 e. The number of nitrogens with one attached hydrogen (secondary N) is 1. The second kappa shape index (κ2) is 5.39. The largest absolute Gasteiger partial charge is 0.478 e. The fourth-order valence-corrected chi connectivity index (χ4v) is 2.50. The standard InChI is InChI=1S/C16H20N2O3/c1-3-13-16(20)18(9-15(19)17-11-5-6-11)12-8-10(2)4-7-14(12)21-13/h4,7-8,11,13H,3,5-6,9H2,1-2H3,(H,17,19)/t13-/m1/s1. The predicted molar refractivity (Wildman–Crippen MR) is 79.4 cm³/mol. The monoisotopic (exact) mass is 288 g/mol. The first-order valence-electron chi connectivity index (χ1n) is 7.46. The molecule has 0 spiro atoms. The number of carbonyl (C=O) groups is 2. The van der Waals surface area contributed by atoms with Crippen LogP contribution in [0.1, 0.15) is 31.7 Å². The van der Waals surface area contributed by atoms with Crippen LogP contribution in [0, 0.1) is 6.92 Å². The summed E-state index contributed by atoms with van der Waals surface area (Å²) in [6, 6.07) is 6.01. The molecule has 5 nitrogen and oxygen atoms in total. The summed E-state index contributed by atoms with van der Waals surface area (Å²) in [6.07, 6.45) is 2.16. The van der Waals surface area contributed by atoms with Crippen LogP contribution in [0.15, 0.2) is 18.2 Å². The number of hydrogen-bond acceptors (Lipinski definition) is 3. The van der Waals surface area contributed by atoms with Crippen molar-refractivity contribution >= 4 is 17.5 Å². The second-order valence-electron chi connectivity index (χ2n) is 5.75. The van der Waals surface area contributed by atoms with Crippen molar-refractivity contribution in [2.45, 2.75) is 45.3 Å². The third-order valence-electron chi connectivity index (χ3n) is 3.83. The minimum absolute atomic E-state index is 0.0612. The Balaban J connectivity index is 1.86. The van der Waals surface area contributed by atoms with Gasteiger partial charge in [-0.05, 0) is 43.9 Å². The summed E-state index contributed by atoms with van der Waals surface area (Å²) in [6.45, 7) is 3.93. The molecule has 112 valence electrons. The van der Waals surface area contributed by atoms with Crippen molar-refractivity contribution in [2.75, 3.05) is 11.4 Å². The molecule has 5 heteroatoms. The van der Waals surface area contributed by atoms with Gasteiger partial charge in [-0.1, -0.05) is 13.0 Å². The molecule has 21 heavy (non-hydrogen) atoms. The summed E-state index contributed by atoms with van der Waals surface area (Å²) >= 11 is 0. The van der Waals surface area contributed by atoms with Crippen LogP contribution in [-0.4, -0.2) is 30.5 Å². The van der Waals surface area contributed by atoms with Gasteiger partial charge in [0.25, 0.3) is 5.91 Å². The molecule has 1 aliphatic carbocycles. The van der Waals surface area contributed by atoms with E-state index in [4.69, 9.17) is 4.74 Å². The number of aryl methyl sites for hydroxylation is 1. The van der Waals surface area contributed by atoms with Crippen molar-refractivity contribution < 1.29 is 14.3 Å². The fourth-order valence-electron chi connectivity index (χ4n) is 2.50. The quantitative estimate of drug-likeness (QED) is 0.918. The molecule has 3 rings (SSSR count). The summed E-state index contributed by atoms with van der Waals surface area (Å²) in [5.74, 6) is 0.433. The molecule has 2 aliphatic rings. The molecular weight excluding hydrogens is 268 g/mol. The molecule has 1 saturated carbocycles. The number of carbonyl (C=O) groups excluding carboxylic acids is 2. The molecule has 1 aromatic rings. The van der Waals surface area contributed by atoms with Gasteiger partial charge >= 0.3 is 0 Å². The van der Waals surface area contributed by atoms with E-state index in [0.29, 0.717) is 23.9 Å². The van der Waals surface area contributed by atoms with Crippen molar-refractivity contribution in [3.05, 3.63) is 23.8 Å². The van der Waals surface area contributed by atoms with Crippen LogP contribution in [0.2, 0.25) is 0 Å². The maximum Gasteiger partial charge on any atom is 0.268 e. The Morgan fingerprint density at radius 2 is 2.19 bits per heavy atom. The number of ether oxygens (including phenoxy) is 1. The number of amides is 2. The first kappa shape index (κ1) is 13.9. The van der Waals surface area contributed by atoms with Crippen molar-refractivity contribution in [3.8, 4) is 5.75 Å². The smallest absolute Gasteiger partial charge is 0.268 e. The Morgan fingerprint density at radius 3 is 2.86 bits per heavy atom. The third-order valence-corrected chi connectivity index (χ3v) is 3.83. The zero-order valence-corrected chi connectivity index (χ0v) is 12.4. The summed E-state index contributed by atoms with van der Waals surface area (Å²) in [5, 5.41) is 2.93. The van der Waals surface area contributed by atoms with Gasteiger partial charge in [0.05, 0.1) is 5.69 Å². The van der Waals surface area contributed by atoms with Gasteiger partial charge in [0, 0.05) is 6.04 Å².